The Labute approximate surface area is 238 Å². The Morgan fingerprint density at radius 3 is 2.41 bits per heavy atom. The van der Waals surface area contributed by atoms with E-state index in [-0.39, 0.29) is 17.4 Å². The molecule has 0 aliphatic carbocycles. The van der Waals surface area contributed by atoms with Gasteiger partial charge in [0.05, 0.1) is 36.2 Å². The van der Waals surface area contributed by atoms with Crippen molar-refractivity contribution in [2.45, 2.75) is 0 Å². The number of rotatable bonds is 8. The molecule has 0 bridgehead atoms. The maximum absolute atomic E-state index is 13.0. The van der Waals surface area contributed by atoms with Crippen molar-refractivity contribution in [1.82, 2.24) is 14.8 Å². The number of likely N-dealkylation sites (N-methyl/N-ethyl adjacent to an activating group) is 2. The molecule has 1 aliphatic heterocycles. The Balaban J connectivity index is 1.49. The van der Waals surface area contributed by atoms with Gasteiger partial charge in [-0.25, -0.2) is 9.79 Å². The van der Waals surface area contributed by atoms with E-state index in [2.05, 4.69) is 21.8 Å². The SMILES string of the molecule is COc1cccc(C(=Nc2ccc(N(C)C(=O)CN3CCN(C)CC3)cc2)c2c(O)[nH]c3ccc(C(=O)O)cc23)c1. The van der Waals surface area contributed by atoms with Crippen LogP contribution in [0.5, 0.6) is 11.6 Å². The molecule has 1 saturated heterocycles. The molecule has 0 unspecified atom stereocenters. The van der Waals surface area contributed by atoms with Crippen molar-refractivity contribution < 1.29 is 24.5 Å². The van der Waals surface area contributed by atoms with E-state index in [0.29, 0.717) is 45.7 Å². The number of nitrogens with one attached hydrogen (secondary N) is 1. The third-order valence-corrected chi connectivity index (χ3v) is 7.41. The van der Waals surface area contributed by atoms with Crippen LogP contribution in [0, 0.1) is 0 Å². The van der Waals surface area contributed by atoms with Gasteiger partial charge >= 0.3 is 5.97 Å². The summed E-state index contributed by atoms with van der Waals surface area (Å²) in [6.45, 7) is 3.99. The normalized spacial score (nSPS) is 14.8. The minimum Gasteiger partial charge on any atom is -0.497 e. The van der Waals surface area contributed by atoms with Gasteiger partial charge in [0.2, 0.25) is 5.91 Å². The highest BCUT2D eigenvalue weighted by Crippen LogP contribution is 2.33. The van der Waals surface area contributed by atoms with Crippen molar-refractivity contribution in [2.75, 3.05) is 58.8 Å². The molecule has 1 fully saturated rings. The molecule has 3 aromatic carbocycles. The summed E-state index contributed by atoms with van der Waals surface area (Å²) >= 11 is 0. The van der Waals surface area contributed by atoms with Crippen LogP contribution in [0.1, 0.15) is 21.5 Å². The number of aliphatic imine (C=N–C) groups is 1. The average molecular weight is 556 g/mol. The fourth-order valence-corrected chi connectivity index (χ4v) is 4.91. The standard InChI is InChI=1S/C31H33N5O5/c1-34-13-15-36(16-14-34)19-27(37)35(2)23-10-8-22(9-11-23)32-29(20-5-4-6-24(17-20)41-3)28-25-18-21(31(39)40)7-12-26(25)33-30(28)38/h4-12,17-18,33,38H,13-16,19H2,1-3H3,(H,39,40). The van der Waals surface area contributed by atoms with Gasteiger partial charge in [-0.05, 0) is 61.6 Å². The Kier molecular flexibility index (Phi) is 8.04. The van der Waals surface area contributed by atoms with Crippen LogP contribution in [0.15, 0.2) is 71.7 Å². The smallest absolute Gasteiger partial charge is 0.335 e. The molecule has 10 nitrogen and oxygen atoms in total. The second-order valence-corrected chi connectivity index (χ2v) is 10.2. The monoisotopic (exact) mass is 555 g/mol. The molecule has 2 heterocycles. The lowest BCUT2D eigenvalue weighted by Crippen LogP contribution is -2.48. The number of nitrogens with zero attached hydrogens (tertiary/aromatic N) is 4. The van der Waals surface area contributed by atoms with Gasteiger partial charge in [-0.3, -0.25) is 9.69 Å². The molecule has 1 amide bonds. The number of hydrogen-bond acceptors (Lipinski definition) is 7. The number of carboxylic acid groups (broad SMARTS) is 1. The number of carbonyl (C=O) groups is 2. The number of amides is 1. The summed E-state index contributed by atoms with van der Waals surface area (Å²) in [4.78, 5) is 38.5. The molecule has 0 spiro atoms. The first-order valence-electron chi connectivity index (χ1n) is 13.3. The van der Waals surface area contributed by atoms with Crippen LogP contribution >= 0.6 is 0 Å². The molecule has 0 radical (unpaired) electrons. The molecule has 1 aromatic heterocycles. The van der Waals surface area contributed by atoms with Gasteiger partial charge in [0, 0.05) is 55.4 Å². The zero-order chi connectivity index (χ0) is 29.1. The number of carboxylic acids is 1. The van der Waals surface area contributed by atoms with Crippen LogP contribution in [-0.2, 0) is 4.79 Å². The summed E-state index contributed by atoms with van der Waals surface area (Å²) in [6.07, 6.45) is 0. The van der Waals surface area contributed by atoms with E-state index in [1.54, 1.807) is 31.2 Å². The topological polar surface area (TPSA) is 122 Å². The maximum atomic E-state index is 13.0. The Morgan fingerprint density at radius 2 is 1.73 bits per heavy atom. The quantitative estimate of drug-likeness (QED) is 0.282. The predicted octanol–water partition coefficient (Wildman–Crippen LogP) is 3.96. The molecule has 41 heavy (non-hydrogen) atoms. The number of methoxy groups -OCH3 is 1. The number of aromatic hydroxyl groups is 1. The number of aromatic nitrogens is 1. The molecule has 0 atom stereocenters. The van der Waals surface area contributed by atoms with E-state index in [1.807, 2.05) is 42.5 Å². The Bertz CT molecular complexity index is 1600. The number of hydrogen-bond donors (Lipinski definition) is 3. The maximum Gasteiger partial charge on any atom is 0.335 e. The summed E-state index contributed by atoms with van der Waals surface area (Å²) < 4.78 is 5.42. The van der Waals surface area contributed by atoms with E-state index in [0.717, 1.165) is 31.9 Å². The van der Waals surface area contributed by atoms with Crippen molar-refractivity contribution in [3.8, 4) is 11.6 Å². The predicted molar refractivity (Wildman–Crippen MR) is 159 cm³/mol. The summed E-state index contributed by atoms with van der Waals surface area (Å²) in [5, 5.41) is 21.0. The van der Waals surface area contributed by atoms with Gasteiger partial charge < -0.3 is 29.7 Å². The number of piperazine rings is 1. The van der Waals surface area contributed by atoms with E-state index in [4.69, 9.17) is 9.73 Å². The fraction of sp³-hybridized carbons (Fsp3) is 0.258. The highest BCUT2D eigenvalue weighted by atomic mass is 16.5. The number of aromatic carboxylic acids is 1. The van der Waals surface area contributed by atoms with Crippen molar-refractivity contribution in [2.24, 2.45) is 4.99 Å². The molecule has 5 rings (SSSR count). The van der Waals surface area contributed by atoms with Crippen LogP contribution in [0.2, 0.25) is 0 Å². The highest BCUT2D eigenvalue weighted by molar-refractivity contribution is 6.22. The van der Waals surface area contributed by atoms with Gasteiger partial charge in [-0.2, -0.15) is 0 Å². The number of H-pyrrole nitrogens is 1. The zero-order valence-corrected chi connectivity index (χ0v) is 23.3. The van der Waals surface area contributed by atoms with Crippen molar-refractivity contribution in [1.29, 1.82) is 0 Å². The minimum atomic E-state index is -1.07. The lowest BCUT2D eigenvalue weighted by molar-refractivity contribution is -0.119. The van der Waals surface area contributed by atoms with Gasteiger partial charge in [0.25, 0.3) is 0 Å². The first kappa shape index (κ1) is 27.9. The number of carbonyl (C=O) groups excluding carboxylic acids is 1. The van der Waals surface area contributed by atoms with Crippen LogP contribution in [-0.4, -0.2) is 96.5 Å². The lowest BCUT2D eigenvalue weighted by Gasteiger charge is -2.32. The van der Waals surface area contributed by atoms with Gasteiger partial charge in [-0.15, -0.1) is 0 Å². The molecule has 3 N–H and O–H groups in total. The summed E-state index contributed by atoms with van der Waals surface area (Å²) in [6, 6.07) is 19.2. The largest absolute Gasteiger partial charge is 0.497 e. The first-order chi connectivity index (χ1) is 19.7. The van der Waals surface area contributed by atoms with Crippen molar-refractivity contribution >= 4 is 39.9 Å². The Hall–Kier alpha value is -4.67. The average Bonchev–Trinajstić information content (AvgIpc) is 3.31. The van der Waals surface area contributed by atoms with Crippen LogP contribution in [0.3, 0.4) is 0 Å². The molecule has 0 saturated carbocycles. The number of ether oxygens (including phenoxy) is 1. The number of fused-ring (bicyclic) bond motifs is 1. The minimum absolute atomic E-state index is 0.0147. The van der Waals surface area contributed by atoms with Crippen molar-refractivity contribution in [3.05, 3.63) is 83.4 Å². The molecule has 1 aliphatic rings. The van der Waals surface area contributed by atoms with Gasteiger partial charge in [0.1, 0.15) is 5.75 Å². The highest BCUT2D eigenvalue weighted by Gasteiger charge is 2.22. The number of anilines is 1. The van der Waals surface area contributed by atoms with E-state index in [1.165, 1.54) is 12.1 Å². The van der Waals surface area contributed by atoms with Gasteiger partial charge in [0.15, 0.2) is 5.88 Å². The molecule has 4 aromatic rings. The van der Waals surface area contributed by atoms with E-state index >= 15 is 0 Å². The number of aromatic amines is 1. The molecular formula is C31H33N5O5. The molecule has 10 heteroatoms. The second-order valence-electron chi connectivity index (χ2n) is 10.2. The third kappa shape index (κ3) is 6.08. The number of benzene rings is 3. The summed E-state index contributed by atoms with van der Waals surface area (Å²) in [5.74, 6) is -0.576. The fourth-order valence-electron chi connectivity index (χ4n) is 4.91. The Morgan fingerprint density at radius 1 is 1.00 bits per heavy atom. The summed E-state index contributed by atoms with van der Waals surface area (Å²) in [5.41, 5.74) is 3.49. The van der Waals surface area contributed by atoms with Crippen LogP contribution < -0.4 is 9.64 Å². The van der Waals surface area contributed by atoms with Crippen LogP contribution in [0.4, 0.5) is 11.4 Å². The third-order valence-electron chi connectivity index (χ3n) is 7.41. The van der Waals surface area contributed by atoms with Crippen molar-refractivity contribution in [3.63, 3.8) is 0 Å². The van der Waals surface area contributed by atoms with Gasteiger partial charge in [-0.1, -0.05) is 12.1 Å². The lowest BCUT2D eigenvalue weighted by atomic mass is 9.99. The second kappa shape index (κ2) is 11.8. The van der Waals surface area contributed by atoms with E-state index in [9.17, 15) is 19.8 Å². The molecular weight excluding hydrogens is 522 g/mol. The first-order valence-corrected chi connectivity index (χ1v) is 13.3. The van der Waals surface area contributed by atoms with Crippen LogP contribution in [0.25, 0.3) is 10.9 Å². The van der Waals surface area contributed by atoms with E-state index < -0.39 is 5.97 Å². The zero-order valence-electron chi connectivity index (χ0n) is 23.3. The molecule has 212 valence electrons. The summed E-state index contributed by atoms with van der Waals surface area (Å²) in [7, 11) is 5.42.